The molecule has 0 aromatic rings. The van der Waals surface area contributed by atoms with Gasteiger partial charge in [0.1, 0.15) is 0 Å². The van der Waals surface area contributed by atoms with Crippen LogP contribution >= 0.6 is 0 Å². The standard InChI is InChI=1S/C42H82O4/c1-3-5-7-9-11-13-15-17-19-21-23-25-27-29-31-33-35-37-39-45-41(43)42(44)46-40-38-36-34-32-30-28-26-24-22-20-18-16-14-12-10-8-6-4-2/h3-40H2,1-2H3. The van der Waals surface area contributed by atoms with Gasteiger partial charge in [-0.1, -0.05) is 232 Å². The quantitative estimate of drug-likeness (QED) is 0.0379. The molecule has 0 saturated carbocycles. The zero-order valence-electron chi connectivity index (χ0n) is 31.5. The molecule has 274 valence electrons. The van der Waals surface area contributed by atoms with Gasteiger partial charge in [-0.2, -0.15) is 0 Å². The van der Waals surface area contributed by atoms with Crippen molar-refractivity contribution < 1.29 is 19.1 Å². The van der Waals surface area contributed by atoms with Gasteiger partial charge in [0.05, 0.1) is 13.2 Å². The van der Waals surface area contributed by atoms with Gasteiger partial charge < -0.3 is 9.47 Å². The highest BCUT2D eigenvalue weighted by molar-refractivity contribution is 6.29. The normalized spacial score (nSPS) is 11.3. The number of hydrogen-bond donors (Lipinski definition) is 0. The molecule has 0 rings (SSSR count). The number of unbranched alkanes of at least 4 members (excludes halogenated alkanes) is 34. The predicted molar refractivity (Wildman–Crippen MR) is 199 cm³/mol. The molecule has 0 aliphatic rings. The summed E-state index contributed by atoms with van der Waals surface area (Å²) in [6, 6.07) is 0. The van der Waals surface area contributed by atoms with Gasteiger partial charge in [-0.25, -0.2) is 9.59 Å². The first kappa shape index (κ1) is 44.9. The van der Waals surface area contributed by atoms with Crippen LogP contribution in [0.5, 0.6) is 0 Å². The Balaban J connectivity index is 3.25. The Morgan fingerprint density at radius 1 is 0.261 bits per heavy atom. The summed E-state index contributed by atoms with van der Waals surface area (Å²) in [6.45, 7) is 5.22. The maximum atomic E-state index is 11.9. The van der Waals surface area contributed by atoms with E-state index in [9.17, 15) is 9.59 Å². The van der Waals surface area contributed by atoms with Crippen molar-refractivity contribution >= 4 is 11.9 Å². The summed E-state index contributed by atoms with van der Waals surface area (Å²) < 4.78 is 10.2. The van der Waals surface area contributed by atoms with Crippen molar-refractivity contribution in [2.75, 3.05) is 13.2 Å². The van der Waals surface area contributed by atoms with Gasteiger partial charge in [0.2, 0.25) is 0 Å². The smallest absolute Gasteiger partial charge is 0.417 e. The largest absolute Gasteiger partial charge is 0.457 e. The Hall–Kier alpha value is -1.06. The van der Waals surface area contributed by atoms with E-state index in [-0.39, 0.29) is 0 Å². The van der Waals surface area contributed by atoms with E-state index in [1.54, 1.807) is 0 Å². The number of carbonyl (C=O) groups is 2. The molecule has 0 bridgehead atoms. The molecular weight excluding hydrogens is 568 g/mol. The molecule has 4 heteroatoms. The lowest BCUT2D eigenvalue weighted by atomic mass is 10.0. The second kappa shape index (κ2) is 40.1. The van der Waals surface area contributed by atoms with Crippen LogP contribution in [0.4, 0.5) is 0 Å². The van der Waals surface area contributed by atoms with Crippen molar-refractivity contribution in [3.05, 3.63) is 0 Å². The second-order valence-corrected chi connectivity index (χ2v) is 14.3. The maximum absolute atomic E-state index is 11.9. The summed E-state index contributed by atoms with van der Waals surface area (Å²) in [6.07, 6.45) is 47.8. The molecule has 0 heterocycles. The fourth-order valence-corrected chi connectivity index (χ4v) is 6.46. The van der Waals surface area contributed by atoms with E-state index in [0.29, 0.717) is 13.2 Å². The highest BCUT2D eigenvalue weighted by atomic mass is 16.6. The molecule has 0 saturated heterocycles. The SMILES string of the molecule is CCCCCCCCCCCCCCCCCCCCOC(=O)C(=O)OCCCCCCCCCCCCCCCCCCCC. The van der Waals surface area contributed by atoms with E-state index < -0.39 is 11.9 Å². The molecule has 46 heavy (non-hydrogen) atoms. The molecule has 0 N–H and O–H groups in total. The molecule has 0 aromatic carbocycles. The van der Waals surface area contributed by atoms with Crippen LogP contribution in [0.2, 0.25) is 0 Å². The minimum absolute atomic E-state index is 0.325. The lowest BCUT2D eigenvalue weighted by Gasteiger charge is -2.06. The first-order valence-corrected chi connectivity index (χ1v) is 21.1. The van der Waals surface area contributed by atoms with Crippen LogP contribution in [0.25, 0.3) is 0 Å². The third-order valence-electron chi connectivity index (χ3n) is 9.63. The minimum atomic E-state index is -0.825. The summed E-state index contributed by atoms with van der Waals surface area (Å²) >= 11 is 0. The third kappa shape index (κ3) is 37.4. The Morgan fingerprint density at radius 2 is 0.413 bits per heavy atom. The van der Waals surface area contributed by atoms with Gasteiger partial charge in [-0.3, -0.25) is 0 Å². The number of carbonyl (C=O) groups excluding carboxylic acids is 2. The van der Waals surface area contributed by atoms with E-state index in [1.165, 1.54) is 205 Å². The Kier molecular flexibility index (Phi) is 39.2. The number of rotatable bonds is 38. The fraction of sp³-hybridized carbons (Fsp3) is 0.952. The first-order valence-electron chi connectivity index (χ1n) is 21.1. The maximum Gasteiger partial charge on any atom is 0.417 e. The van der Waals surface area contributed by atoms with Gasteiger partial charge in [0.25, 0.3) is 0 Å². The lowest BCUT2D eigenvalue weighted by Crippen LogP contribution is -2.21. The monoisotopic (exact) mass is 651 g/mol. The van der Waals surface area contributed by atoms with Gasteiger partial charge in [0, 0.05) is 0 Å². The molecule has 0 aliphatic heterocycles. The Morgan fingerprint density at radius 3 is 0.587 bits per heavy atom. The molecule has 0 aliphatic carbocycles. The van der Waals surface area contributed by atoms with Crippen molar-refractivity contribution in [1.82, 2.24) is 0 Å². The highest BCUT2D eigenvalue weighted by Gasteiger charge is 2.16. The summed E-state index contributed by atoms with van der Waals surface area (Å²) in [7, 11) is 0. The number of esters is 2. The second-order valence-electron chi connectivity index (χ2n) is 14.3. The molecule has 0 unspecified atom stereocenters. The van der Waals surface area contributed by atoms with Gasteiger partial charge in [-0.05, 0) is 12.8 Å². The number of hydrogen-bond acceptors (Lipinski definition) is 4. The molecule has 4 nitrogen and oxygen atoms in total. The van der Waals surface area contributed by atoms with E-state index in [0.717, 1.165) is 25.7 Å². The minimum Gasteiger partial charge on any atom is -0.457 e. The van der Waals surface area contributed by atoms with Crippen LogP contribution in [0, 0.1) is 0 Å². The van der Waals surface area contributed by atoms with Crippen LogP contribution in [0.3, 0.4) is 0 Å². The van der Waals surface area contributed by atoms with Gasteiger partial charge in [0.15, 0.2) is 0 Å². The molecule has 0 aromatic heterocycles. The van der Waals surface area contributed by atoms with Gasteiger partial charge >= 0.3 is 11.9 Å². The molecule has 0 spiro atoms. The summed E-state index contributed by atoms with van der Waals surface area (Å²) in [4.78, 5) is 23.7. The Labute approximate surface area is 288 Å². The van der Waals surface area contributed by atoms with Crippen LogP contribution in [0.15, 0.2) is 0 Å². The van der Waals surface area contributed by atoms with Crippen LogP contribution in [-0.2, 0) is 19.1 Å². The fourth-order valence-electron chi connectivity index (χ4n) is 6.46. The summed E-state index contributed by atoms with van der Waals surface area (Å²) in [5, 5.41) is 0. The molecule has 0 radical (unpaired) electrons. The predicted octanol–water partition coefficient (Wildman–Crippen LogP) is 14.2. The molecule has 0 amide bonds. The van der Waals surface area contributed by atoms with Crippen LogP contribution in [0.1, 0.15) is 245 Å². The highest BCUT2D eigenvalue weighted by Crippen LogP contribution is 2.16. The molecule has 0 fully saturated rings. The topological polar surface area (TPSA) is 52.6 Å². The van der Waals surface area contributed by atoms with Gasteiger partial charge in [-0.15, -0.1) is 0 Å². The number of ether oxygens (including phenoxy) is 2. The molecular formula is C42H82O4. The first-order chi connectivity index (χ1) is 22.7. The zero-order chi connectivity index (χ0) is 33.4. The average molecular weight is 651 g/mol. The van der Waals surface area contributed by atoms with Crippen molar-refractivity contribution in [3.63, 3.8) is 0 Å². The van der Waals surface area contributed by atoms with Crippen molar-refractivity contribution in [1.29, 1.82) is 0 Å². The van der Waals surface area contributed by atoms with Crippen molar-refractivity contribution in [3.8, 4) is 0 Å². The third-order valence-corrected chi connectivity index (χ3v) is 9.63. The average Bonchev–Trinajstić information content (AvgIpc) is 3.06. The van der Waals surface area contributed by atoms with E-state index >= 15 is 0 Å². The molecule has 0 atom stereocenters. The van der Waals surface area contributed by atoms with Crippen molar-refractivity contribution in [2.24, 2.45) is 0 Å². The summed E-state index contributed by atoms with van der Waals surface area (Å²) in [5.74, 6) is -1.65. The Bertz CT molecular complexity index is 552. The lowest BCUT2D eigenvalue weighted by molar-refractivity contribution is -0.167. The zero-order valence-corrected chi connectivity index (χ0v) is 31.5. The van der Waals surface area contributed by atoms with Crippen molar-refractivity contribution in [2.45, 2.75) is 245 Å². The summed E-state index contributed by atoms with van der Waals surface area (Å²) in [5.41, 5.74) is 0. The van der Waals surface area contributed by atoms with E-state index in [4.69, 9.17) is 9.47 Å². The van der Waals surface area contributed by atoms with Crippen LogP contribution in [-0.4, -0.2) is 25.2 Å². The van der Waals surface area contributed by atoms with E-state index in [1.807, 2.05) is 0 Å². The van der Waals surface area contributed by atoms with Crippen LogP contribution < -0.4 is 0 Å². The van der Waals surface area contributed by atoms with E-state index in [2.05, 4.69) is 13.8 Å².